The first kappa shape index (κ1) is 16.9. The highest BCUT2D eigenvalue weighted by molar-refractivity contribution is 5.24. The molecule has 1 aromatic rings. The second kappa shape index (κ2) is 9.72. The number of hydrogen-bond donors (Lipinski definition) is 1. The Morgan fingerprint density at radius 2 is 2.00 bits per heavy atom. The molecular weight excluding hydrogens is 252 g/mol. The van der Waals surface area contributed by atoms with Crippen LogP contribution in [0.4, 0.5) is 0 Å². The van der Waals surface area contributed by atoms with E-state index in [4.69, 9.17) is 9.47 Å². The van der Waals surface area contributed by atoms with E-state index in [1.54, 1.807) is 0 Å². The first-order valence-electron chi connectivity index (χ1n) is 7.53. The van der Waals surface area contributed by atoms with Gasteiger partial charge in [-0.1, -0.05) is 27.2 Å². The van der Waals surface area contributed by atoms with Crippen molar-refractivity contribution in [2.45, 2.75) is 53.1 Å². The van der Waals surface area contributed by atoms with Crippen LogP contribution in [0.1, 0.15) is 44.9 Å². The zero-order valence-corrected chi connectivity index (χ0v) is 13.2. The Morgan fingerprint density at radius 3 is 2.70 bits per heavy atom. The minimum Gasteiger partial charge on any atom is -0.475 e. The molecule has 0 bridgehead atoms. The fourth-order valence-electron chi connectivity index (χ4n) is 1.76. The van der Waals surface area contributed by atoms with E-state index in [2.05, 4.69) is 37.1 Å². The predicted molar refractivity (Wildman–Crippen MR) is 82.2 cm³/mol. The highest BCUT2D eigenvalue weighted by Gasteiger charge is 2.02. The summed E-state index contributed by atoms with van der Waals surface area (Å²) in [5, 5.41) is 3.40. The van der Waals surface area contributed by atoms with Gasteiger partial charge in [0.05, 0.1) is 6.61 Å². The van der Waals surface area contributed by atoms with Gasteiger partial charge < -0.3 is 14.8 Å². The first-order valence-corrected chi connectivity index (χ1v) is 7.53. The third kappa shape index (κ3) is 7.46. The summed E-state index contributed by atoms with van der Waals surface area (Å²) >= 11 is 0. The molecule has 0 fully saturated rings. The molecule has 0 amide bonds. The topological polar surface area (TPSA) is 43.4 Å². The van der Waals surface area contributed by atoms with Gasteiger partial charge in [0.2, 0.25) is 5.88 Å². The second-order valence-corrected chi connectivity index (χ2v) is 5.31. The fraction of sp³-hybridized carbons (Fsp3) is 0.688. The molecule has 1 heterocycles. The minimum atomic E-state index is 0.472. The van der Waals surface area contributed by atoms with E-state index >= 15 is 0 Å². The lowest BCUT2D eigenvalue weighted by atomic mass is 10.2. The van der Waals surface area contributed by atoms with Gasteiger partial charge >= 0.3 is 0 Å². The van der Waals surface area contributed by atoms with E-state index in [1.165, 1.54) is 5.56 Å². The van der Waals surface area contributed by atoms with Crippen LogP contribution in [-0.4, -0.2) is 30.8 Å². The Morgan fingerprint density at radius 1 is 1.20 bits per heavy atom. The molecule has 0 aliphatic carbocycles. The summed E-state index contributed by atoms with van der Waals surface area (Å²) in [6, 6.07) is 4.55. The number of aryl methyl sites for hydroxylation is 1. The van der Waals surface area contributed by atoms with Crippen LogP contribution in [-0.2, 0) is 11.3 Å². The standard InChI is InChI=1S/C16H28N2O2/c1-5-6-7-19-8-9-20-16-11-15(10-14(4)18-16)12-17-13(2)3/h10-11,13,17H,5-9,12H2,1-4H3. The van der Waals surface area contributed by atoms with Gasteiger partial charge in [-0.3, -0.25) is 0 Å². The molecule has 0 aliphatic rings. The Labute approximate surface area is 122 Å². The maximum Gasteiger partial charge on any atom is 0.213 e. The summed E-state index contributed by atoms with van der Waals surface area (Å²) < 4.78 is 11.1. The molecule has 1 aromatic heterocycles. The SMILES string of the molecule is CCCCOCCOc1cc(CNC(C)C)cc(C)n1. The Kier molecular flexibility index (Phi) is 8.23. The van der Waals surface area contributed by atoms with Gasteiger partial charge in [0, 0.05) is 31.0 Å². The number of hydrogen-bond acceptors (Lipinski definition) is 4. The van der Waals surface area contributed by atoms with Crippen molar-refractivity contribution in [2.75, 3.05) is 19.8 Å². The van der Waals surface area contributed by atoms with E-state index in [-0.39, 0.29) is 0 Å². The van der Waals surface area contributed by atoms with Gasteiger partial charge in [-0.25, -0.2) is 4.98 Å². The van der Waals surface area contributed by atoms with Crippen molar-refractivity contribution < 1.29 is 9.47 Å². The van der Waals surface area contributed by atoms with Gasteiger partial charge in [-0.05, 0) is 25.0 Å². The zero-order valence-electron chi connectivity index (χ0n) is 13.2. The molecule has 0 saturated carbocycles. The van der Waals surface area contributed by atoms with E-state index in [9.17, 15) is 0 Å². The maximum atomic E-state index is 5.65. The molecule has 20 heavy (non-hydrogen) atoms. The maximum absolute atomic E-state index is 5.65. The van der Waals surface area contributed by atoms with Crippen molar-refractivity contribution in [2.24, 2.45) is 0 Å². The van der Waals surface area contributed by atoms with Gasteiger partial charge in [-0.15, -0.1) is 0 Å². The van der Waals surface area contributed by atoms with Gasteiger partial charge in [0.25, 0.3) is 0 Å². The van der Waals surface area contributed by atoms with Crippen molar-refractivity contribution >= 4 is 0 Å². The zero-order chi connectivity index (χ0) is 14.8. The highest BCUT2D eigenvalue weighted by atomic mass is 16.5. The minimum absolute atomic E-state index is 0.472. The number of rotatable bonds is 10. The molecule has 0 radical (unpaired) electrons. The van der Waals surface area contributed by atoms with Crippen LogP contribution in [0.25, 0.3) is 0 Å². The molecule has 0 atom stereocenters. The van der Waals surface area contributed by atoms with Crippen LogP contribution in [0.2, 0.25) is 0 Å². The lowest BCUT2D eigenvalue weighted by Gasteiger charge is -2.11. The molecule has 0 spiro atoms. The normalized spacial score (nSPS) is 11.1. The number of aromatic nitrogens is 1. The molecule has 4 heteroatoms. The molecule has 114 valence electrons. The van der Waals surface area contributed by atoms with Crippen molar-refractivity contribution in [1.82, 2.24) is 10.3 Å². The van der Waals surface area contributed by atoms with Crippen LogP contribution in [0.3, 0.4) is 0 Å². The summed E-state index contributed by atoms with van der Waals surface area (Å²) in [5.74, 6) is 0.685. The highest BCUT2D eigenvalue weighted by Crippen LogP contribution is 2.12. The van der Waals surface area contributed by atoms with Crippen LogP contribution in [0, 0.1) is 6.92 Å². The summed E-state index contributed by atoms with van der Waals surface area (Å²) in [6.45, 7) is 11.2. The number of unbranched alkanes of at least 4 members (excludes halogenated alkanes) is 1. The van der Waals surface area contributed by atoms with E-state index in [1.807, 2.05) is 13.0 Å². The fourth-order valence-corrected chi connectivity index (χ4v) is 1.76. The summed E-state index contributed by atoms with van der Waals surface area (Å²) in [6.07, 6.45) is 2.26. The van der Waals surface area contributed by atoms with E-state index < -0.39 is 0 Å². The Bertz CT molecular complexity index is 381. The molecule has 4 nitrogen and oxygen atoms in total. The van der Waals surface area contributed by atoms with Gasteiger partial charge in [0.1, 0.15) is 6.61 Å². The number of nitrogens with zero attached hydrogens (tertiary/aromatic N) is 1. The van der Waals surface area contributed by atoms with Crippen LogP contribution in [0.5, 0.6) is 5.88 Å². The second-order valence-electron chi connectivity index (χ2n) is 5.31. The van der Waals surface area contributed by atoms with Crippen LogP contribution in [0.15, 0.2) is 12.1 Å². The Hall–Kier alpha value is -1.13. The first-order chi connectivity index (χ1) is 9.61. The Balaban J connectivity index is 2.37. The predicted octanol–water partition coefficient (Wildman–Crippen LogP) is 3.08. The monoisotopic (exact) mass is 280 g/mol. The molecule has 0 aromatic carbocycles. The van der Waals surface area contributed by atoms with Crippen LogP contribution >= 0.6 is 0 Å². The number of pyridine rings is 1. The third-order valence-electron chi connectivity index (χ3n) is 2.82. The van der Waals surface area contributed by atoms with E-state index in [0.717, 1.165) is 31.7 Å². The van der Waals surface area contributed by atoms with Crippen molar-refractivity contribution in [3.8, 4) is 5.88 Å². The van der Waals surface area contributed by atoms with Gasteiger partial charge in [0.15, 0.2) is 0 Å². The summed E-state index contributed by atoms with van der Waals surface area (Å²) in [5.41, 5.74) is 2.18. The van der Waals surface area contributed by atoms with Crippen molar-refractivity contribution in [1.29, 1.82) is 0 Å². The number of ether oxygens (including phenoxy) is 2. The largest absolute Gasteiger partial charge is 0.475 e. The van der Waals surface area contributed by atoms with Crippen LogP contribution < -0.4 is 10.1 Å². The quantitative estimate of drug-likeness (QED) is 0.669. The lowest BCUT2D eigenvalue weighted by Crippen LogP contribution is -2.22. The summed E-state index contributed by atoms with van der Waals surface area (Å²) in [7, 11) is 0. The van der Waals surface area contributed by atoms with E-state index in [0.29, 0.717) is 25.1 Å². The molecule has 1 N–H and O–H groups in total. The van der Waals surface area contributed by atoms with Crippen molar-refractivity contribution in [3.63, 3.8) is 0 Å². The smallest absolute Gasteiger partial charge is 0.213 e. The summed E-state index contributed by atoms with van der Waals surface area (Å²) in [4.78, 5) is 4.39. The molecule has 0 aliphatic heterocycles. The lowest BCUT2D eigenvalue weighted by molar-refractivity contribution is 0.0964. The molecule has 1 rings (SSSR count). The molecular formula is C16H28N2O2. The van der Waals surface area contributed by atoms with Gasteiger partial charge in [-0.2, -0.15) is 0 Å². The molecule has 0 saturated heterocycles. The average Bonchev–Trinajstić information content (AvgIpc) is 2.40. The average molecular weight is 280 g/mol. The third-order valence-corrected chi connectivity index (χ3v) is 2.82. The van der Waals surface area contributed by atoms with Crippen molar-refractivity contribution in [3.05, 3.63) is 23.4 Å². The molecule has 0 unspecified atom stereocenters. The number of nitrogens with one attached hydrogen (secondary N) is 1.